The lowest BCUT2D eigenvalue weighted by atomic mass is 10.2. The van der Waals surface area contributed by atoms with E-state index in [4.69, 9.17) is 11.6 Å². The maximum Gasteiger partial charge on any atom is 0.254 e. The van der Waals surface area contributed by atoms with Gasteiger partial charge in [-0.05, 0) is 11.6 Å². The first kappa shape index (κ1) is 15.3. The fraction of sp³-hybridized carbons (Fsp3) is 0.250. The van der Waals surface area contributed by atoms with E-state index in [1.54, 1.807) is 24.2 Å². The Labute approximate surface area is 128 Å². The first-order valence-corrected chi connectivity index (χ1v) is 7.21. The molecule has 0 atom stereocenters. The maximum absolute atomic E-state index is 12.5. The molecule has 1 aromatic carbocycles. The average molecular weight is 305 g/mol. The van der Waals surface area contributed by atoms with Crippen LogP contribution in [0.15, 0.2) is 53.5 Å². The summed E-state index contributed by atoms with van der Waals surface area (Å²) in [6.45, 7) is 0.909. The number of amides is 1. The molecule has 2 rings (SSSR count). The molecule has 0 aliphatic rings. The lowest BCUT2D eigenvalue weighted by Gasteiger charge is -2.22. The molecule has 0 N–H and O–H groups in total. The van der Waals surface area contributed by atoms with Gasteiger partial charge < -0.3 is 9.47 Å². The van der Waals surface area contributed by atoms with Gasteiger partial charge >= 0.3 is 0 Å². The molecule has 0 fully saturated rings. The van der Waals surface area contributed by atoms with Crippen molar-refractivity contribution in [3.8, 4) is 0 Å². The van der Waals surface area contributed by atoms with Crippen LogP contribution in [0.3, 0.4) is 0 Å². The summed E-state index contributed by atoms with van der Waals surface area (Å²) in [6, 6.07) is 12.7. The van der Waals surface area contributed by atoms with Crippen molar-refractivity contribution in [1.29, 1.82) is 0 Å². The van der Waals surface area contributed by atoms with E-state index < -0.39 is 0 Å². The van der Waals surface area contributed by atoms with Gasteiger partial charge in [-0.3, -0.25) is 9.59 Å². The Balaban J connectivity index is 2.22. The van der Waals surface area contributed by atoms with Crippen molar-refractivity contribution < 1.29 is 4.79 Å². The average Bonchev–Trinajstić information content (AvgIpc) is 2.50. The first-order chi connectivity index (χ1) is 10.1. The highest BCUT2D eigenvalue weighted by molar-refractivity contribution is 6.18. The van der Waals surface area contributed by atoms with Gasteiger partial charge in [-0.1, -0.05) is 30.3 Å². The normalized spacial score (nSPS) is 10.4. The number of benzene rings is 1. The molecule has 110 valence electrons. The third-order valence-electron chi connectivity index (χ3n) is 3.21. The molecule has 5 heteroatoms. The topological polar surface area (TPSA) is 42.3 Å². The Morgan fingerprint density at radius 2 is 1.95 bits per heavy atom. The van der Waals surface area contributed by atoms with Crippen LogP contribution in [0.2, 0.25) is 0 Å². The second-order valence-electron chi connectivity index (χ2n) is 4.77. The molecule has 4 nitrogen and oxygen atoms in total. The van der Waals surface area contributed by atoms with Crippen LogP contribution in [0.1, 0.15) is 15.9 Å². The molecule has 2 aromatic rings. The third kappa shape index (κ3) is 3.95. The van der Waals surface area contributed by atoms with Crippen LogP contribution in [0, 0.1) is 0 Å². The minimum absolute atomic E-state index is 0.183. The van der Waals surface area contributed by atoms with E-state index in [1.165, 1.54) is 10.6 Å². The zero-order valence-electron chi connectivity index (χ0n) is 11.8. The molecule has 0 saturated heterocycles. The lowest BCUT2D eigenvalue weighted by Crippen LogP contribution is -2.33. The van der Waals surface area contributed by atoms with Gasteiger partial charge in [0.05, 0.1) is 0 Å². The van der Waals surface area contributed by atoms with Crippen LogP contribution >= 0.6 is 11.6 Å². The molecule has 0 saturated carbocycles. The van der Waals surface area contributed by atoms with Crippen molar-refractivity contribution in [3.63, 3.8) is 0 Å². The highest BCUT2D eigenvalue weighted by Crippen LogP contribution is 2.09. The quantitative estimate of drug-likeness (QED) is 0.795. The number of rotatable bonds is 5. The van der Waals surface area contributed by atoms with Crippen LogP contribution < -0.4 is 5.56 Å². The number of alkyl halides is 1. The van der Waals surface area contributed by atoms with Crippen molar-refractivity contribution in [2.24, 2.45) is 7.05 Å². The summed E-state index contributed by atoms with van der Waals surface area (Å²) in [6.07, 6.45) is 1.59. The second-order valence-corrected chi connectivity index (χ2v) is 5.14. The largest absolute Gasteiger partial charge is 0.333 e. The molecular formula is C16H17ClN2O2. The molecule has 1 amide bonds. The number of carbonyl (C=O) groups excluding carboxylic acids is 1. The van der Waals surface area contributed by atoms with Gasteiger partial charge in [-0.15, -0.1) is 11.6 Å². The molecule has 1 aromatic heterocycles. The number of pyridine rings is 1. The standard InChI is InChI=1S/C16H17ClN2O2/c1-18-9-7-14(11-15(18)20)16(21)19(10-8-17)12-13-5-3-2-4-6-13/h2-7,9,11H,8,10,12H2,1H3. The number of hydrogen-bond donors (Lipinski definition) is 0. The number of nitrogens with zero attached hydrogens (tertiary/aromatic N) is 2. The summed E-state index contributed by atoms with van der Waals surface area (Å²) in [5.41, 5.74) is 1.21. The summed E-state index contributed by atoms with van der Waals surface area (Å²) in [5, 5.41) is 0. The Hall–Kier alpha value is -2.07. The lowest BCUT2D eigenvalue weighted by molar-refractivity contribution is 0.0753. The monoisotopic (exact) mass is 304 g/mol. The van der Waals surface area contributed by atoms with E-state index in [0.29, 0.717) is 24.5 Å². The molecule has 21 heavy (non-hydrogen) atoms. The van der Waals surface area contributed by atoms with E-state index >= 15 is 0 Å². The van der Waals surface area contributed by atoms with Gasteiger partial charge in [0.25, 0.3) is 11.5 Å². The number of carbonyl (C=O) groups is 1. The molecule has 0 bridgehead atoms. The van der Waals surface area contributed by atoms with E-state index in [9.17, 15) is 9.59 Å². The molecule has 0 radical (unpaired) electrons. The Bertz CT molecular complexity index is 667. The predicted octanol–water partition coefficient (Wildman–Crippen LogP) is 2.27. The number of aryl methyl sites for hydroxylation is 1. The maximum atomic E-state index is 12.5. The fourth-order valence-corrected chi connectivity index (χ4v) is 2.23. The summed E-state index contributed by atoms with van der Waals surface area (Å²) >= 11 is 5.79. The SMILES string of the molecule is Cn1ccc(C(=O)N(CCCl)Cc2ccccc2)cc1=O. The molecule has 0 aliphatic heterocycles. The Kier molecular flexibility index (Phi) is 5.17. The van der Waals surface area contributed by atoms with Crippen LogP contribution in [0.5, 0.6) is 0 Å². The van der Waals surface area contributed by atoms with Crippen LogP contribution in [-0.2, 0) is 13.6 Å². The summed E-state index contributed by atoms with van der Waals surface area (Å²) < 4.78 is 1.43. The van der Waals surface area contributed by atoms with Crippen molar-refractivity contribution in [2.45, 2.75) is 6.54 Å². The zero-order chi connectivity index (χ0) is 15.2. The van der Waals surface area contributed by atoms with Crippen LogP contribution in [0.25, 0.3) is 0 Å². The van der Waals surface area contributed by atoms with Gasteiger partial charge in [0.15, 0.2) is 0 Å². The van der Waals surface area contributed by atoms with E-state index in [-0.39, 0.29) is 11.5 Å². The molecule has 0 spiro atoms. The Morgan fingerprint density at radius 3 is 2.57 bits per heavy atom. The molecule has 0 unspecified atom stereocenters. The van der Waals surface area contributed by atoms with E-state index in [1.807, 2.05) is 30.3 Å². The van der Waals surface area contributed by atoms with Gasteiger partial charge in [-0.25, -0.2) is 0 Å². The Morgan fingerprint density at radius 1 is 1.24 bits per heavy atom. The summed E-state index contributed by atoms with van der Waals surface area (Å²) in [4.78, 5) is 25.8. The smallest absolute Gasteiger partial charge is 0.254 e. The molecular weight excluding hydrogens is 288 g/mol. The number of aromatic nitrogens is 1. The van der Waals surface area contributed by atoms with E-state index in [0.717, 1.165) is 5.56 Å². The van der Waals surface area contributed by atoms with Gasteiger partial charge in [0.2, 0.25) is 0 Å². The minimum Gasteiger partial charge on any atom is -0.333 e. The van der Waals surface area contributed by atoms with Crippen molar-refractivity contribution >= 4 is 17.5 Å². The highest BCUT2D eigenvalue weighted by atomic mass is 35.5. The second kappa shape index (κ2) is 7.09. The van der Waals surface area contributed by atoms with Gasteiger partial charge in [0, 0.05) is 43.8 Å². The third-order valence-corrected chi connectivity index (χ3v) is 3.38. The van der Waals surface area contributed by atoms with Crippen molar-refractivity contribution in [2.75, 3.05) is 12.4 Å². The molecule has 1 heterocycles. The highest BCUT2D eigenvalue weighted by Gasteiger charge is 2.16. The minimum atomic E-state index is -0.202. The first-order valence-electron chi connectivity index (χ1n) is 6.67. The van der Waals surface area contributed by atoms with Gasteiger partial charge in [0.1, 0.15) is 0 Å². The number of hydrogen-bond acceptors (Lipinski definition) is 2. The fourth-order valence-electron chi connectivity index (χ4n) is 2.02. The van der Waals surface area contributed by atoms with E-state index in [2.05, 4.69) is 0 Å². The van der Waals surface area contributed by atoms with Crippen LogP contribution in [0.4, 0.5) is 0 Å². The summed E-state index contributed by atoms with van der Waals surface area (Å²) in [7, 11) is 1.65. The number of halogens is 1. The van der Waals surface area contributed by atoms with Crippen molar-refractivity contribution in [1.82, 2.24) is 9.47 Å². The van der Waals surface area contributed by atoms with Crippen LogP contribution in [-0.4, -0.2) is 27.8 Å². The summed E-state index contributed by atoms with van der Waals surface area (Å²) in [5.74, 6) is 0.167. The zero-order valence-corrected chi connectivity index (χ0v) is 12.6. The van der Waals surface area contributed by atoms with Crippen molar-refractivity contribution in [3.05, 3.63) is 70.1 Å². The van der Waals surface area contributed by atoms with Gasteiger partial charge in [-0.2, -0.15) is 0 Å². The molecule has 0 aliphatic carbocycles. The predicted molar refractivity (Wildman–Crippen MR) is 83.6 cm³/mol.